The molecule has 0 aromatic carbocycles. The molecule has 30 heteroatoms. The molecule has 0 aliphatic heterocycles. The second-order valence-corrected chi connectivity index (χ2v) is 9.96. The van der Waals surface area contributed by atoms with E-state index >= 15 is 0 Å². The normalized spacial score (nSPS) is 19.1. The Bertz CT molecular complexity index is 1140. The van der Waals surface area contributed by atoms with Crippen LogP contribution in [0.5, 0.6) is 0 Å². The van der Waals surface area contributed by atoms with Crippen LogP contribution in [0.2, 0.25) is 0 Å². The van der Waals surface area contributed by atoms with E-state index in [0.717, 1.165) is 0 Å². The summed E-state index contributed by atoms with van der Waals surface area (Å²) in [6.07, 6.45) is -22.1. The average Bonchev–Trinajstić information content (AvgIpc) is 2.67. The van der Waals surface area contributed by atoms with Gasteiger partial charge in [-0.2, -0.15) is 113 Å². The van der Waals surface area contributed by atoms with Gasteiger partial charge in [0.15, 0.2) is 0 Å². The van der Waals surface area contributed by atoms with Gasteiger partial charge in [0.2, 0.25) is 0 Å². The van der Waals surface area contributed by atoms with Crippen LogP contribution in [0.4, 0.5) is 96.6 Å². The molecule has 252 valence electrons. The SMILES string of the molecule is O=S(=O)(OC(F)(/C=C/C(F)(OS(=O)(=O)C(F)(F)F)C(F)(F)C(F)(F)C(F)(F)F)C(F)(F)C(F)(F)C(F)(F)F)C(F)(F)F. The van der Waals surface area contributed by atoms with Gasteiger partial charge in [0.05, 0.1) is 0 Å². The van der Waals surface area contributed by atoms with Crippen molar-refractivity contribution in [2.24, 2.45) is 0 Å². The first-order valence-corrected chi connectivity index (χ1v) is 11.2. The van der Waals surface area contributed by atoms with Gasteiger partial charge >= 0.3 is 79.0 Å². The smallest absolute Gasteiger partial charge is 0.212 e. The molecule has 0 heterocycles. The van der Waals surface area contributed by atoms with E-state index in [2.05, 4.69) is 0 Å². The third-order valence-corrected chi connectivity index (χ3v) is 5.96. The molecule has 0 rings (SSSR count). The molecule has 2 atom stereocenters. The third-order valence-electron chi connectivity index (χ3n) is 3.90. The first-order chi connectivity index (χ1) is 17.6. The highest BCUT2D eigenvalue weighted by atomic mass is 32.2. The number of hydrogen-bond acceptors (Lipinski definition) is 6. The minimum atomic E-state index is -8.44. The summed E-state index contributed by atoms with van der Waals surface area (Å²) in [5, 5.41) is 0. The van der Waals surface area contributed by atoms with Crippen LogP contribution in [0.1, 0.15) is 0 Å². The fourth-order valence-corrected chi connectivity index (χ4v) is 2.93. The van der Waals surface area contributed by atoms with Crippen molar-refractivity contribution in [2.75, 3.05) is 0 Å². The quantitative estimate of drug-likeness (QED) is 0.114. The van der Waals surface area contributed by atoms with Gasteiger partial charge in [0.1, 0.15) is 0 Å². The van der Waals surface area contributed by atoms with E-state index in [0.29, 0.717) is 0 Å². The van der Waals surface area contributed by atoms with Crippen molar-refractivity contribution in [1.29, 1.82) is 0 Å². The Kier molecular flexibility index (Phi) is 9.81. The zero-order valence-corrected chi connectivity index (χ0v) is 19.4. The summed E-state index contributed by atoms with van der Waals surface area (Å²) in [5.74, 6) is -49.1. The maximum atomic E-state index is 14.6. The summed E-state index contributed by atoms with van der Waals surface area (Å²) in [7, 11) is -16.9. The molecule has 0 aliphatic carbocycles. The van der Waals surface area contributed by atoms with Crippen LogP contribution in [0, 0.1) is 0 Å². The van der Waals surface area contributed by atoms with Gasteiger partial charge in [-0.15, -0.1) is 0 Å². The lowest BCUT2D eigenvalue weighted by Crippen LogP contribution is -2.65. The maximum absolute atomic E-state index is 14.6. The summed E-state index contributed by atoms with van der Waals surface area (Å²) in [4.78, 5) is 0. The summed E-state index contributed by atoms with van der Waals surface area (Å²) < 4.78 is 332. The van der Waals surface area contributed by atoms with Gasteiger partial charge < -0.3 is 0 Å². The standard InChI is InChI=1S/C12H2F22O6S2/c13-3(39-41(35,36)11(29,30)31,5(15,16)7(19,20)9(23,24)25)1-2-4(14,40-42(37,38)12(32,33)34)6(17,18)8(21,22)10(26,27)28/h1-2H/b2-1+. The summed E-state index contributed by atoms with van der Waals surface area (Å²) in [6, 6.07) is 0. The van der Waals surface area contributed by atoms with Gasteiger partial charge in [-0.1, -0.05) is 0 Å². The van der Waals surface area contributed by atoms with E-state index in [-0.39, 0.29) is 0 Å². The molecule has 0 saturated carbocycles. The fourth-order valence-electron chi connectivity index (χ4n) is 1.78. The number of halogens is 22. The molecule has 2 unspecified atom stereocenters. The zero-order chi connectivity index (χ0) is 34.8. The van der Waals surface area contributed by atoms with Crippen LogP contribution in [-0.4, -0.2) is 75.6 Å². The Labute approximate surface area is 214 Å². The Morgan fingerprint density at radius 1 is 0.357 bits per heavy atom. The van der Waals surface area contributed by atoms with Crippen molar-refractivity contribution in [3.05, 3.63) is 12.2 Å². The molecule has 0 aromatic heterocycles. The lowest BCUT2D eigenvalue weighted by atomic mass is 9.98. The third kappa shape index (κ3) is 6.58. The highest BCUT2D eigenvalue weighted by Crippen LogP contribution is 2.57. The van der Waals surface area contributed by atoms with Crippen LogP contribution < -0.4 is 0 Å². The van der Waals surface area contributed by atoms with Gasteiger partial charge in [-0.25, -0.2) is 8.37 Å². The molecule has 0 aliphatic rings. The molecule has 0 fully saturated rings. The molecule has 0 amide bonds. The Morgan fingerprint density at radius 3 is 0.690 bits per heavy atom. The van der Waals surface area contributed by atoms with Gasteiger partial charge in [0.25, 0.3) is 0 Å². The van der Waals surface area contributed by atoms with Crippen LogP contribution >= 0.6 is 0 Å². The Morgan fingerprint density at radius 2 is 0.548 bits per heavy atom. The molecular weight excluding hydrogens is 722 g/mol. The van der Waals surface area contributed by atoms with Crippen molar-refractivity contribution >= 4 is 20.2 Å². The molecule has 0 aromatic rings. The largest absolute Gasteiger partial charge is 0.523 e. The van der Waals surface area contributed by atoms with Crippen LogP contribution in [0.3, 0.4) is 0 Å². The number of hydrogen-bond donors (Lipinski definition) is 0. The van der Waals surface area contributed by atoms with E-state index in [1.165, 1.54) is 0 Å². The zero-order valence-electron chi connectivity index (χ0n) is 17.7. The fraction of sp³-hybridized carbons (Fsp3) is 0.833. The highest BCUT2D eigenvalue weighted by molar-refractivity contribution is 7.87. The van der Waals surface area contributed by atoms with Gasteiger partial charge in [0, 0.05) is 0 Å². The Hall–Kier alpha value is -1.98. The molecule has 0 bridgehead atoms. The minimum absolute atomic E-state index is 1.71. The Balaban J connectivity index is 7.99. The van der Waals surface area contributed by atoms with Crippen molar-refractivity contribution in [2.45, 2.75) is 58.8 Å². The molecular formula is C12H2F22O6S2. The predicted molar refractivity (Wildman–Crippen MR) is 80.8 cm³/mol. The molecule has 0 N–H and O–H groups in total. The highest BCUT2D eigenvalue weighted by Gasteiger charge is 2.84. The molecule has 6 nitrogen and oxygen atoms in total. The summed E-state index contributed by atoms with van der Waals surface area (Å²) in [5.41, 5.74) is -14.9. The minimum Gasteiger partial charge on any atom is -0.212 e. The van der Waals surface area contributed by atoms with Crippen LogP contribution in [0.15, 0.2) is 12.2 Å². The van der Waals surface area contributed by atoms with Crippen molar-refractivity contribution in [3.8, 4) is 0 Å². The van der Waals surface area contributed by atoms with Crippen LogP contribution in [-0.2, 0) is 28.6 Å². The molecule has 42 heavy (non-hydrogen) atoms. The molecule has 0 radical (unpaired) electrons. The van der Waals surface area contributed by atoms with E-state index in [1.54, 1.807) is 8.37 Å². The van der Waals surface area contributed by atoms with Crippen molar-refractivity contribution in [1.82, 2.24) is 0 Å². The second-order valence-electron chi connectivity index (χ2n) is 6.88. The van der Waals surface area contributed by atoms with Gasteiger partial charge in [-0.05, 0) is 12.2 Å². The first-order valence-electron chi connectivity index (χ1n) is 8.38. The van der Waals surface area contributed by atoms with E-state index in [4.69, 9.17) is 0 Å². The topological polar surface area (TPSA) is 86.7 Å². The van der Waals surface area contributed by atoms with Crippen molar-refractivity contribution in [3.63, 3.8) is 0 Å². The summed E-state index contributed by atoms with van der Waals surface area (Å²) >= 11 is 0. The van der Waals surface area contributed by atoms with E-state index in [9.17, 15) is 113 Å². The molecule has 0 saturated heterocycles. The average molecular weight is 724 g/mol. The lowest BCUT2D eigenvalue weighted by molar-refractivity contribution is -0.397. The van der Waals surface area contributed by atoms with Gasteiger partial charge in [-0.3, -0.25) is 0 Å². The van der Waals surface area contributed by atoms with E-state index < -0.39 is 91.2 Å². The number of rotatable bonds is 10. The summed E-state index contributed by atoms with van der Waals surface area (Å²) in [6.45, 7) is 0. The van der Waals surface area contributed by atoms with Crippen LogP contribution in [0.25, 0.3) is 0 Å². The maximum Gasteiger partial charge on any atom is 0.523 e. The van der Waals surface area contributed by atoms with E-state index in [1.807, 2.05) is 0 Å². The predicted octanol–water partition coefficient (Wildman–Crippen LogP) is 6.27. The first kappa shape index (κ1) is 40.0. The number of alkyl halides is 22. The second kappa shape index (κ2) is 10.3. The van der Waals surface area contributed by atoms with Crippen molar-refractivity contribution < 1.29 is 122 Å². The lowest BCUT2D eigenvalue weighted by Gasteiger charge is -2.38. The monoisotopic (exact) mass is 724 g/mol. The molecule has 0 spiro atoms.